The van der Waals surface area contributed by atoms with Crippen molar-refractivity contribution < 1.29 is 9.90 Å². The number of rotatable bonds is 2. The van der Waals surface area contributed by atoms with Gasteiger partial charge in [0.15, 0.2) is 0 Å². The summed E-state index contributed by atoms with van der Waals surface area (Å²) in [5.41, 5.74) is 2.48. The van der Waals surface area contributed by atoms with Gasteiger partial charge in [-0.05, 0) is 24.8 Å². The SMILES string of the molecule is Cc1ccc([C@H]2CNC[C@H](C(=O)O)C2)cc1. The van der Waals surface area contributed by atoms with Gasteiger partial charge in [-0.15, -0.1) is 0 Å². The van der Waals surface area contributed by atoms with Crippen LogP contribution in [0.1, 0.15) is 23.5 Å². The molecule has 0 amide bonds. The van der Waals surface area contributed by atoms with Crippen molar-refractivity contribution in [3.8, 4) is 0 Å². The summed E-state index contributed by atoms with van der Waals surface area (Å²) >= 11 is 0. The van der Waals surface area contributed by atoms with Crippen molar-refractivity contribution >= 4 is 5.97 Å². The molecule has 1 fully saturated rings. The van der Waals surface area contributed by atoms with Crippen LogP contribution in [-0.2, 0) is 4.79 Å². The van der Waals surface area contributed by atoms with Crippen LogP contribution < -0.4 is 5.32 Å². The molecular formula is C13H17NO2. The van der Waals surface area contributed by atoms with Crippen molar-refractivity contribution in [2.45, 2.75) is 19.3 Å². The van der Waals surface area contributed by atoms with Crippen molar-refractivity contribution in [2.24, 2.45) is 5.92 Å². The van der Waals surface area contributed by atoms with Gasteiger partial charge in [0.1, 0.15) is 0 Å². The van der Waals surface area contributed by atoms with Crippen LogP contribution in [0.3, 0.4) is 0 Å². The smallest absolute Gasteiger partial charge is 0.307 e. The highest BCUT2D eigenvalue weighted by Crippen LogP contribution is 2.26. The lowest BCUT2D eigenvalue weighted by atomic mass is 9.85. The van der Waals surface area contributed by atoms with Gasteiger partial charge >= 0.3 is 5.97 Å². The second-order valence-corrected chi connectivity index (χ2v) is 4.54. The second kappa shape index (κ2) is 4.66. The monoisotopic (exact) mass is 219 g/mol. The molecule has 2 N–H and O–H groups in total. The number of hydrogen-bond acceptors (Lipinski definition) is 2. The molecule has 0 spiro atoms. The maximum atomic E-state index is 10.9. The molecule has 1 heterocycles. The third-order valence-electron chi connectivity index (χ3n) is 3.25. The second-order valence-electron chi connectivity index (χ2n) is 4.54. The molecular weight excluding hydrogens is 202 g/mol. The summed E-state index contributed by atoms with van der Waals surface area (Å²) in [7, 11) is 0. The van der Waals surface area contributed by atoms with Crippen LogP contribution in [-0.4, -0.2) is 24.2 Å². The van der Waals surface area contributed by atoms with Gasteiger partial charge in [0, 0.05) is 13.1 Å². The topological polar surface area (TPSA) is 49.3 Å². The van der Waals surface area contributed by atoms with E-state index in [1.165, 1.54) is 11.1 Å². The quantitative estimate of drug-likeness (QED) is 0.797. The average molecular weight is 219 g/mol. The molecule has 86 valence electrons. The fraction of sp³-hybridized carbons (Fsp3) is 0.462. The fourth-order valence-corrected chi connectivity index (χ4v) is 2.22. The van der Waals surface area contributed by atoms with E-state index in [1.807, 2.05) is 0 Å². The van der Waals surface area contributed by atoms with E-state index in [9.17, 15) is 4.79 Å². The van der Waals surface area contributed by atoms with Gasteiger partial charge in [-0.25, -0.2) is 0 Å². The van der Waals surface area contributed by atoms with Gasteiger partial charge in [-0.3, -0.25) is 4.79 Å². The Morgan fingerprint density at radius 3 is 2.62 bits per heavy atom. The minimum atomic E-state index is -0.690. The maximum Gasteiger partial charge on any atom is 0.307 e. The molecule has 3 heteroatoms. The summed E-state index contributed by atoms with van der Waals surface area (Å²) in [6.07, 6.45) is 0.741. The van der Waals surface area contributed by atoms with Crippen molar-refractivity contribution in [3.05, 3.63) is 35.4 Å². The molecule has 0 bridgehead atoms. The first-order valence-electron chi connectivity index (χ1n) is 5.67. The first-order chi connectivity index (χ1) is 7.66. The zero-order valence-corrected chi connectivity index (χ0v) is 9.44. The van der Waals surface area contributed by atoms with E-state index in [0.29, 0.717) is 12.5 Å². The predicted octanol–water partition coefficient (Wildman–Crippen LogP) is 1.77. The van der Waals surface area contributed by atoms with Gasteiger partial charge in [-0.2, -0.15) is 0 Å². The summed E-state index contributed by atoms with van der Waals surface area (Å²) in [5.74, 6) is -0.611. The fourth-order valence-electron chi connectivity index (χ4n) is 2.22. The summed E-state index contributed by atoms with van der Waals surface area (Å²) in [6.45, 7) is 3.54. The largest absolute Gasteiger partial charge is 0.481 e. The Balaban J connectivity index is 2.09. The summed E-state index contributed by atoms with van der Waals surface area (Å²) in [6, 6.07) is 8.37. The lowest BCUT2D eigenvalue weighted by Gasteiger charge is -2.28. The highest BCUT2D eigenvalue weighted by atomic mass is 16.4. The molecule has 0 unspecified atom stereocenters. The molecule has 1 aliphatic rings. The van der Waals surface area contributed by atoms with Crippen LogP contribution in [0.2, 0.25) is 0 Å². The van der Waals surface area contributed by atoms with Gasteiger partial charge in [0.05, 0.1) is 5.92 Å². The lowest BCUT2D eigenvalue weighted by Crippen LogP contribution is -2.38. The van der Waals surface area contributed by atoms with E-state index in [-0.39, 0.29) is 5.92 Å². The normalized spacial score (nSPS) is 25.3. The molecule has 0 radical (unpaired) electrons. The molecule has 0 aliphatic carbocycles. The van der Waals surface area contributed by atoms with Crippen LogP contribution in [0.25, 0.3) is 0 Å². The van der Waals surface area contributed by atoms with E-state index >= 15 is 0 Å². The Morgan fingerprint density at radius 2 is 2.00 bits per heavy atom. The van der Waals surface area contributed by atoms with Crippen LogP contribution in [0, 0.1) is 12.8 Å². The minimum Gasteiger partial charge on any atom is -0.481 e. The highest BCUT2D eigenvalue weighted by Gasteiger charge is 2.27. The molecule has 1 aromatic rings. The first kappa shape index (κ1) is 11.1. The van der Waals surface area contributed by atoms with Crippen molar-refractivity contribution in [2.75, 3.05) is 13.1 Å². The third-order valence-corrected chi connectivity index (χ3v) is 3.25. The van der Waals surface area contributed by atoms with E-state index in [0.717, 1.165) is 13.0 Å². The van der Waals surface area contributed by atoms with Gasteiger partial charge in [-0.1, -0.05) is 29.8 Å². The Bertz CT molecular complexity index is 372. The maximum absolute atomic E-state index is 10.9. The Hall–Kier alpha value is -1.35. The zero-order chi connectivity index (χ0) is 11.5. The summed E-state index contributed by atoms with van der Waals surface area (Å²) in [4.78, 5) is 10.9. The van der Waals surface area contributed by atoms with Gasteiger partial charge in [0.2, 0.25) is 0 Å². The van der Waals surface area contributed by atoms with Crippen LogP contribution in [0.4, 0.5) is 0 Å². The molecule has 2 atom stereocenters. The number of hydrogen-bond donors (Lipinski definition) is 2. The number of aryl methyl sites for hydroxylation is 1. The molecule has 1 saturated heterocycles. The van der Waals surface area contributed by atoms with Crippen molar-refractivity contribution in [1.82, 2.24) is 5.32 Å². The molecule has 0 aromatic heterocycles. The number of piperidine rings is 1. The summed E-state index contributed by atoms with van der Waals surface area (Å²) in [5, 5.41) is 12.2. The lowest BCUT2D eigenvalue weighted by molar-refractivity contribution is -0.142. The van der Waals surface area contributed by atoms with Gasteiger partial charge < -0.3 is 10.4 Å². The van der Waals surface area contributed by atoms with Crippen molar-refractivity contribution in [1.29, 1.82) is 0 Å². The summed E-state index contributed by atoms with van der Waals surface area (Å²) < 4.78 is 0. The first-order valence-corrected chi connectivity index (χ1v) is 5.67. The number of aliphatic carboxylic acids is 1. The number of carbonyl (C=O) groups is 1. The number of carboxylic acid groups (broad SMARTS) is 1. The van der Waals surface area contributed by atoms with E-state index < -0.39 is 5.97 Å². The molecule has 0 saturated carbocycles. The number of benzene rings is 1. The number of nitrogens with one attached hydrogen (secondary N) is 1. The van der Waals surface area contributed by atoms with Crippen LogP contribution in [0.15, 0.2) is 24.3 Å². The third kappa shape index (κ3) is 2.42. The molecule has 16 heavy (non-hydrogen) atoms. The molecule has 1 aromatic carbocycles. The van der Waals surface area contributed by atoms with Crippen molar-refractivity contribution in [3.63, 3.8) is 0 Å². The number of carboxylic acids is 1. The van der Waals surface area contributed by atoms with E-state index in [2.05, 4.69) is 36.5 Å². The average Bonchev–Trinajstić information content (AvgIpc) is 2.30. The van der Waals surface area contributed by atoms with Gasteiger partial charge in [0.25, 0.3) is 0 Å². The Kier molecular flexibility index (Phi) is 3.25. The standard InChI is InChI=1S/C13H17NO2/c1-9-2-4-10(5-3-9)11-6-12(13(15)16)8-14-7-11/h2-5,11-12,14H,6-8H2,1H3,(H,15,16)/t11-,12-/m1/s1. The highest BCUT2D eigenvalue weighted by molar-refractivity contribution is 5.70. The Labute approximate surface area is 95.5 Å². The molecule has 2 rings (SSSR count). The predicted molar refractivity (Wildman–Crippen MR) is 62.5 cm³/mol. The Morgan fingerprint density at radius 1 is 1.31 bits per heavy atom. The van der Waals surface area contributed by atoms with Crippen LogP contribution >= 0.6 is 0 Å². The minimum absolute atomic E-state index is 0.250. The zero-order valence-electron chi connectivity index (χ0n) is 9.44. The van der Waals surface area contributed by atoms with E-state index in [1.54, 1.807) is 0 Å². The molecule has 3 nitrogen and oxygen atoms in total. The van der Waals surface area contributed by atoms with Crippen LogP contribution in [0.5, 0.6) is 0 Å². The molecule has 1 aliphatic heterocycles. The van der Waals surface area contributed by atoms with E-state index in [4.69, 9.17) is 5.11 Å².